The first kappa shape index (κ1) is 14.4. The standard InChI is InChI=1S/C17H26O2/c1-4-14-6-8-15(9-7-14)19-17-11-12(2)5-10-16(17)13(3)18/h5,10-11,13-15,18H,4,6-9H2,1-3H3/t13-,14?,15?/m0/s1. The maximum Gasteiger partial charge on any atom is 0.125 e. The Morgan fingerprint density at radius 3 is 2.53 bits per heavy atom. The highest BCUT2D eigenvalue weighted by molar-refractivity contribution is 5.38. The van der Waals surface area contributed by atoms with Crippen molar-refractivity contribution in [3.05, 3.63) is 29.3 Å². The van der Waals surface area contributed by atoms with E-state index in [0.717, 1.165) is 30.1 Å². The van der Waals surface area contributed by atoms with Gasteiger partial charge in [0.05, 0.1) is 12.2 Å². The topological polar surface area (TPSA) is 29.5 Å². The Kier molecular flexibility index (Phi) is 4.87. The molecular weight excluding hydrogens is 236 g/mol. The lowest BCUT2D eigenvalue weighted by Gasteiger charge is -2.29. The normalized spacial score (nSPS) is 25.1. The van der Waals surface area contributed by atoms with E-state index in [1.165, 1.54) is 24.8 Å². The van der Waals surface area contributed by atoms with Gasteiger partial charge >= 0.3 is 0 Å². The zero-order valence-corrected chi connectivity index (χ0v) is 12.4. The van der Waals surface area contributed by atoms with Crippen molar-refractivity contribution in [3.63, 3.8) is 0 Å². The van der Waals surface area contributed by atoms with Gasteiger partial charge in [-0.15, -0.1) is 0 Å². The van der Waals surface area contributed by atoms with E-state index in [2.05, 4.69) is 13.8 Å². The van der Waals surface area contributed by atoms with Gasteiger partial charge in [0.1, 0.15) is 5.75 Å². The Balaban J connectivity index is 2.04. The lowest BCUT2D eigenvalue weighted by molar-refractivity contribution is 0.122. The predicted octanol–water partition coefficient (Wildman–Crippen LogP) is 4.40. The molecule has 0 radical (unpaired) electrons. The van der Waals surface area contributed by atoms with Crippen LogP contribution in [0.5, 0.6) is 5.75 Å². The SMILES string of the molecule is CCC1CCC(Oc2cc(C)ccc2[C@H](C)O)CC1. The van der Waals surface area contributed by atoms with E-state index in [4.69, 9.17) is 4.74 Å². The summed E-state index contributed by atoms with van der Waals surface area (Å²) < 4.78 is 6.16. The molecule has 0 aliphatic heterocycles. The summed E-state index contributed by atoms with van der Waals surface area (Å²) in [5.74, 6) is 1.75. The molecule has 1 aromatic carbocycles. The Morgan fingerprint density at radius 1 is 1.26 bits per heavy atom. The second kappa shape index (κ2) is 6.42. The van der Waals surface area contributed by atoms with Crippen molar-refractivity contribution in [2.45, 2.75) is 65.1 Å². The molecule has 0 spiro atoms. The second-order valence-electron chi connectivity index (χ2n) is 5.89. The molecule has 0 heterocycles. The molecule has 1 aliphatic rings. The minimum atomic E-state index is -0.470. The Bertz CT molecular complexity index is 404. The average Bonchev–Trinajstić information content (AvgIpc) is 2.39. The van der Waals surface area contributed by atoms with Crippen LogP contribution in [0.1, 0.15) is 63.2 Å². The van der Waals surface area contributed by atoms with Crippen molar-refractivity contribution in [1.82, 2.24) is 0 Å². The average molecular weight is 262 g/mol. The van der Waals surface area contributed by atoms with E-state index in [1.807, 2.05) is 18.2 Å². The molecule has 1 fully saturated rings. The van der Waals surface area contributed by atoms with E-state index in [0.29, 0.717) is 6.10 Å². The van der Waals surface area contributed by atoms with Gasteiger partial charge in [-0.1, -0.05) is 25.5 Å². The zero-order valence-electron chi connectivity index (χ0n) is 12.4. The molecule has 0 amide bonds. The van der Waals surface area contributed by atoms with E-state index in [1.54, 1.807) is 6.92 Å². The number of aliphatic hydroxyl groups is 1. The van der Waals surface area contributed by atoms with Crippen LogP contribution in [0.3, 0.4) is 0 Å². The van der Waals surface area contributed by atoms with Crippen molar-refractivity contribution < 1.29 is 9.84 Å². The van der Waals surface area contributed by atoms with Crippen LogP contribution in [-0.2, 0) is 0 Å². The molecule has 2 heteroatoms. The second-order valence-corrected chi connectivity index (χ2v) is 5.89. The third-order valence-corrected chi connectivity index (χ3v) is 4.28. The number of benzene rings is 1. The van der Waals surface area contributed by atoms with Gasteiger partial charge in [0.25, 0.3) is 0 Å². The first-order chi connectivity index (χ1) is 9.10. The van der Waals surface area contributed by atoms with Gasteiger partial charge in [-0.2, -0.15) is 0 Å². The van der Waals surface area contributed by atoms with Crippen molar-refractivity contribution in [2.24, 2.45) is 5.92 Å². The van der Waals surface area contributed by atoms with Crippen LogP contribution in [0.4, 0.5) is 0 Å². The Hall–Kier alpha value is -1.02. The summed E-state index contributed by atoms with van der Waals surface area (Å²) in [6.07, 6.45) is 5.98. The van der Waals surface area contributed by atoms with E-state index >= 15 is 0 Å². The molecule has 0 saturated heterocycles. The van der Waals surface area contributed by atoms with Crippen molar-refractivity contribution in [1.29, 1.82) is 0 Å². The van der Waals surface area contributed by atoms with Crippen LogP contribution in [-0.4, -0.2) is 11.2 Å². The molecule has 0 unspecified atom stereocenters. The van der Waals surface area contributed by atoms with Crippen LogP contribution < -0.4 is 4.74 Å². The number of hydrogen-bond donors (Lipinski definition) is 1. The Labute approximate surface area is 116 Å². The zero-order chi connectivity index (χ0) is 13.8. The van der Waals surface area contributed by atoms with Crippen LogP contribution in [0.2, 0.25) is 0 Å². The fourth-order valence-corrected chi connectivity index (χ4v) is 2.93. The first-order valence-corrected chi connectivity index (χ1v) is 7.55. The molecule has 1 atom stereocenters. The third-order valence-electron chi connectivity index (χ3n) is 4.28. The van der Waals surface area contributed by atoms with Crippen LogP contribution in [0.25, 0.3) is 0 Å². The quantitative estimate of drug-likeness (QED) is 0.871. The maximum absolute atomic E-state index is 9.83. The fourth-order valence-electron chi connectivity index (χ4n) is 2.93. The summed E-state index contributed by atoms with van der Waals surface area (Å²) in [4.78, 5) is 0. The van der Waals surface area contributed by atoms with Gasteiger partial charge in [-0.3, -0.25) is 0 Å². The van der Waals surface area contributed by atoms with Crippen molar-refractivity contribution in [2.75, 3.05) is 0 Å². The molecule has 0 bridgehead atoms. The molecule has 106 valence electrons. The lowest BCUT2D eigenvalue weighted by atomic mass is 9.86. The number of hydrogen-bond acceptors (Lipinski definition) is 2. The molecule has 1 aromatic rings. The van der Waals surface area contributed by atoms with E-state index < -0.39 is 6.10 Å². The minimum absolute atomic E-state index is 0.321. The van der Waals surface area contributed by atoms with Crippen LogP contribution in [0.15, 0.2) is 18.2 Å². The number of ether oxygens (including phenoxy) is 1. The summed E-state index contributed by atoms with van der Waals surface area (Å²) in [5, 5.41) is 9.83. The molecular formula is C17H26O2. The number of aryl methyl sites for hydroxylation is 1. The summed E-state index contributed by atoms with van der Waals surface area (Å²) >= 11 is 0. The summed E-state index contributed by atoms with van der Waals surface area (Å²) in [6, 6.07) is 6.06. The summed E-state index contributed by atoms with van der Waals surface area (Å²) in [5.41, 5.74) is 2.09. The molecule has 1 N–H and O–H groups in total. The van der Waals surface area contributed by atoms with Gasteiger partial charge in [0, 0.05) is 5.56 Å². The maximum atomic E-state index is 9.83. The molecule has 2 rings (SSSR count). The smallest absolute Gasteiger partial charge is 0.125 e. The third kappa shape index (κ3) is 3.73. The Morgan fingerprint density at radius 2 is 1.95 bits per heavy atom. The first-order valence-electron chi connectivity index (χ1n) is 7.55. The molecule has 2 nitrogen and oxygen atoms in total. The van der Waals surface area contributed by atoms with Gasteiger partial charge in [-0.05, 0) is 57.1 Å². The minimum Gasteiger partial charge on any atom is -0.490 e. The fraction of sp³-hybridized carbons (Fsp3) is 0.647. The molecule has 0 aromatic heterocycles. The van der Waals surface area contributed by atoms with Crippen LogP contribution >= 0.6 is 0 Å². The molecule has 1 aliphatic carbocycles. The number of rotatable bonds is 4. The highest BCUT2D eigenvalue weighted by Crippen LogP contribution is 2.32. The predicted molar refractivity (Wildman–Crippen MR) is 78.5 cm³/mol. The van der Waals surface area contributed by atoms with Gasteiger partial charge in [0.2, 0.25) is 0 Å². The summed E-state index contributed by atoms with van der Waals surface area (Å²) in [7, 11) is 0. The van der Waals surface area contributed by atoms with Gasteiger partial charge in [-0.25, -0.2) is 0 Å². The van der Waals surface area contributed by atoms with Crippen LogP contribution in [0, 0.1) is 12.8 Å². The summed E-state index contributed by atoms with van der Waals surface area (Å²) in [6.45, 7) is 6.14. The monoisotopic (exact) mass is 262 g/mol. The van der Waals surface area contributed by atoms with E-state index in [-0.39, 0.29) is 0 Å². The molecule has 19 heavy (non-hydrogen) atoms. The number of aliphatic hydroxyl groups excluding tert-OH is 1. The molecule has 1 saturated carbocycles. The van der Waals surface area contributed by atoms with Gasteiger partial charge < -0.3 is 9.84 Å². The lowest BCUT2D eigenvalue weighted by Crippen LogP contribution is -2.24. The van der Waals surface area contributed by atoms with Crippen molar-refractivity contribution >= 4 is 0 Å². The highest BCUT2D eigenvalue weighted by Gasteiger charge is 2.22. The van der Waals surface area contributed by atoms with Gasteiger partial charge in [0.15, 0.2) is 0 Å². The highest BCUT2D eigenvalue weighted by atomic mass is 16.5. The van der Waals surface area contributed by atoms with E-state index in [9.17, 15) is 5.11 Å². The largest absolute Gasteiger partial charge is 0.490 e. The van der Waals surface area contributed by atoms with Crippen molar-refractivity contribution in [3.8, 4) is 5.75 Å².